The van der Waals surface area contributed by atoms with E-state index in [0.717, 1.165) is 67.8 Å². The minimum absolute atomic E-state index is 0.294. The van der Waals surface area contributed by atoms with Crippen LogP contribution in [0.15, 0.2) is 243 Å². The van der Waals surface area contributed by atoms with Crippen molar-refractivity contribution in [3.63, 3.8) is 0 Å². The SMILES string of the molecule is C1=CC(c2ccccc2)CC=C1c1nc(-c2ccccc2)nc(-c2cc(-c3ccccc3)c(-n3c4ccccc4c4c3ccc3c5ccccc5n(-c5ccccc5)c34)c(-c3ccccc3)c2)n1. The first-order valence-corrected chi connectivity index (χ1v) is 23.3. The van der Waals surface area contributed by atoms with Crippen molar-refractivity contribution >= 4 is 49.2 Å². The summed E-state index contributed by atoms with van der Waals surface area (Å²) in [5.74, 6) is 2.20. The molecule has 320 valence electrons. The van der Waals surface area contributed by atoms with E-state index in [4.69, 9.17) is 15.0 Å². The molecule has 0 spiro atoms. The first kappa shape index (κ1) is 39.4. The summed E-state index contributed by atoms with van der Waals surface area (Å²) in [7, 11) is 0. The van der Waals surface area contributed by atoms with E-state index in [0.29, 0.717) is 23.4 Å². The highest BCUT2D eigenvalue weighted by molar-refractivity contribution is 6.26. The van der Waals surface area contributed by atoms with Gasteiger partial charge in [0.25, 0.3) is 0 Å². The van der Waals surface area contributed by atoms with Crippen molar-refractivity contribution in [1.29, 1.82) is 0 Å². The highest BCUT2D eigenvalue weighted by Gasteiger charge is 2.26. The number of para-hydroxylation sites is 3. The van der Waals surface area contributed by atoms with E-state index in [2.05, 4.69) is 234 Å². The van der Waals surface area contributed by atoms with Crippen LogP contribution < -0.4 is 0 Å². The molecule has 0 saturated carbocycles. The number of hydrogen-bond donors (Lipinski definition) is 0. The van der Waals surface area contributed by atoms with E-state index < -0.39 is 0 Å². The molecule has 1 aliphatic carbocycles. The maximum absolute atomic E-state index is 5.35. The normalized spacial score (nSPS) is 13.7. The highest BCUT2D eigenvalue weighted by atomic mass is 15.0. The molecule has 0 radical (unpaired) electrons. The number of rotatable bonds is 8. The molecule has 3 heterocycles. The number of hydrogen-bond acceptors (Lipinski definition) is 3. The van der Waals surface area contributed by atoms with Crippen LogP contribution in [0.3, 0.4) is 0 Å². The first-order chi connectivity index (χ1) is 33.7. The zero-order chi connectivity index (χ0) is 45.0. The van der Waals surface area contributed by atoms with Gasteiger partial charge in [-0.25, -0.2) is 15.0 Å². The molecule has 0 saturated heterocycles. The summed E-state index contributed by atoms with van der Waals surface area (Å²) in [5, 5.41) is 4.85. The number of nitrogens with zero attached hydrogens (tertiary/aromatic N) is 5. The first-order valence-electron chi connectivity index (χ1n) is 23.3. The summed E-state index contributed by atoms with van der Waals surface area (Å²) in [6, 6.07) is 80.1. The molecular formula is C63H43N5. The smallest absolute Gasteiger partial charge is 0.164 e. The molecular weight excluding hydrogens is 827 g/mol. The van der Waals surface area contributed by atoms with E-state index in [-0.39, 0.29) is 0 Å². The van der Waals surface area contributed by atoms with Gasteiger partial charge in [0.1, 0.15) is 0 Å². The van der Waals surface area contributed by atoms with Gasteiger partial charge in [-0.1, -0.05) is 200 Å². The Morgan fingerprint density at radius 2 is 0.912 bits per heavy atom. The van der Waals surface area contributed by atoms with E-state index in [1.165, 1.54) is 38.1 Å². The topological polar surface area (TPSA) is 48.5 Å². The third-order valence-corrected chi connectivity index (χ3v) is 13.5. The van der Waals surface area contributed by atoms with Gasteiger partial charge in [-0.15, -0.1) is 0 Å². The standard InChI is InChI=1S/C63H43N5/c1-6-20-42(21-7-1)43-34-36-47(37-35-43)62-64-61(46-26-12-4-13-27-46)65-63(66-62)48-40-53(44-22-8-2-9-23-44)59(54(41-48)45-24-10-3-11-25-45)68-56-33-19-17-31-52(56)58-57(68)39-38-51-50-30-16-18-32-55(50)67(60(51)58)49-28-14-5-15-29-49/h1-34,36-41,43H,35H2. The van der Waals surface area contributed by atoms with Crippen molar-refractivity contribution < 1.29 is 0 Å². The van der Waals surface area contributed by atoms with Crippen LogP contribution in [0, 0.1) is 0 Å². The second kappa shape index (κ2) is 16.5. The fourth-order valence-electron chi connectivity index (χ4n) is 10.4. The summed E-state index contributed by atoms with van der Waals surface area (Å²) in [6.45, 7) is 0. The number of benzene rings is 9. The van der Waals surface area contributed by atoms with Gasteiger partial charge in [0, 0.05) is 61.0 Å². The molecule has 3 aromatic heterocycles. The van der Waals surface area contributed by atoms with Crippen molar-refractivity contribution in [1.82, 2.24) is 24.1 Å². The third kappa shape index (κ3) is 6.67. The van der Waals surface area contributed by atoms with Crippen LogP contribution in [-0.4, -0.2) is 24.1 Å². The van der Waals surface area contributed by atoms with Crippen LogP contribution in [-0.2, 0) is 0 Å². The van der Waals surface area contributed by atoms with Crippen LogP contribution in [0.25, 0.3) is 106 Å². The Bertz CT molecular complexity index is 3850. The third-order valence-electron chi connectivity index (χ3n) is 13.5. The molecule has 0 N–H and O–H groups in total. The van der Waals surface area contributed by atoms with Gasteiger partial charge in [-0.05, 0) is 65.6 Å². The highest BCUT2D eigenvalue weighted by Crippen LogP contribution is 2.47. The molecule has 9 aromatic carbocycles. The van der Waals surface area contributed by atoms with Crippen LogP contribution in [0.2, 0.25) is 0 Å². The molecule has 0 aliphatic heterocycles. The van der Waals surface area contributed by atoms with Crippen molar-refractivity contribution in [2.24, 2.45) is 0 Å². The zero-order valence-electron chi connectivity index (χ0n) is 37.1. The molecule has 1 unspecified atom stereocenters. The predicted octanol–water partition coefficient (Wildman–Crippen LogP) is 15.9. The molecule has 68 heavy (non-hydrogen) atoms. The van der Waals surface area contributed by atoms with Crippen LogP contribution in [0.1, 0.15) is 23.7 Å². The van der Waals surface area contributed by atoms with E-state index in [1.807, 2.05) is 18.2 Å². The second-order valence-corrected chi connectivity index (χ2v) is 17.5. The van der Waals surface area contributed by atoms with Gasteiger partial charge in [-0.3, -0.25) is 0 Å². The van der Waals surface area contributed by atoms with E-state index in [9.17, 15) is 0 Å². The molecule has 0 bridgehead atoms. The lowest BCUT2D eigenvalue weighted by atomic mass is 9.90. The van der Waals surface area contributed by atoms with Gasteiger partial charge >= 0.3 is 0 Å². The summed E-state index contributed by atoms with van der Waals surface area (Å²) in [5.41, 5.74) is 15.3. The Kier molecular flexibility index (Phi) is 9.57. The molecule has 5 heteroatoms. The van der Waals surface area contributed by atoms with Gasteiger partial charge in [-0.2, -0.15) is 0 Å². The molecule has 5 nitrogen and oxygen atoms in total. The monoisotopic (exact) mass is 869 g/mol. The zero-order valence-corrected chi connectivity index (χ0v) is 37.1. The Hall–Kier alpha value is -8.93. The Balaban J connectivity index is 1.10. The lowest BCUT2D eigenvalue weighted by Crippen LogP contribution is -2.06. The van der Waals surface area contributed by atoms with E-state index in [1.54, 1.807) is 0 Å². The molecule has 0 amide bonds. The average Bonchev–Trinajstić information content (AvgIpc) is 3.94. The Morgan fingerprint density at radius 3 is 1.53 bits per heavy atom. The summed E-state index contributed by atoms with van der Waals surface area (Å²) < 4.78 is 4.95. The van der Waals surface area contributed by atoms with Crippen molar-refractivity contribution in [3.8, 4) is 56.4 Å². The van der Waals surface area contributed by atoms with Crippen LogP contribution in [0.5, 0.6) is 0 Å². The Labute approximate surface area is 394 Å². The fraction of sp³-hybridized carbons (Fsp3) is 0.0317. The maximum atomic E-state index is 5.35. The van der Waals surface area contributed by atoms with Crippen molar-refractivity contribution in [3.05, 3.63) is 254 Å². The molecule has 1 atom stereocenters. The van der Waals surface area contributed by atoms with Crippen LogP contribution in [0.4, 0.5) is 0 Å². The minimum atomic E-state index is 0.294. The van der Waals surface area contributed by atoms with Gasteiger partial charge in [0.05, 0.1) is 27.8 Å². The summed E-state index contributed by atoms with van der Waals surface area (Å²) in [4.78, 5) is 15.8. The second-order valence-electron chi connectivity index (χ2n) is 17.5. The Morgan fingerprint density at radius 1 is 0.397 bits per heavy atom. The summed E-state index contributed by atoms with van der Waals surface area (Å²) in [6.07, 6.45) is 7.60. The number of allylic oxidation sites excluding steroid dienone is 4. The predicted molar refractivity (Wildman–Crippen MR) is 281 cm³/mol. The van der Waals surface area contributed by atoms with Crippen molar-refractivity contribution in [2.75, 3.05) is 0 Å². The van der Waals surface area contributed by atoms with Gasteiger partial charge < -0.3 is 9.13 Å². The fourth-order valence-corrected chi connectivity index (χ4v) is 10.4. The lowest BCUT2D eigenvalue weighted by Gasteiger charge is -2.21. The minimum Gasteiger partial charge on any atom is -0.309 e. The summed E-state index contributed by atoms with van der Waals surface area (Å²) >= 11 is 0. The van der Waals surface area contributed by atoms with Gasteiger partial charge in [0.2, 0.25) is 0 Å². The van der Waals surface area contributed by atoms with Gasteiger partial charge in [0.15, 0.2) is 17.5 Å². The molecule has 0 fully saturated rings. The largest absolute Gasteiger partial charge is 0.309 e. The number of aromatic nitrogens is 5. The number of fused-ring (bicyclic) bond motifs is 7. The maximum Gasteiger partial charge on any atom is 0.164 e. The average molecular weight is 870 g/mol. The van der Waals surface area contributed by atoms with Crippen LogP contribution >= 0.6 is 0 Å². The van der Waals surface area contributed by atoms with Crippen molar-refractivity contribution in [2.45, 2.75) is 12.3 Å². The molecule has 1 aliphatic rings. The lowest BCUT2D eigenvalue weighted by molar-refractivity contribution is 0.854. The molecule has 12 aromatic rings. The molecule has 13 rings (SSSR count). The quantitative estimate of drug-likeness (QED) is 0.153. The van der Waals surface area contributed by atoms with E-state index >= 15 is 0 Å².